The molecule has 4 aromatic rings. The summed E-state index contributed by atoms with van der Waals surface area (Å²) in [4.78, 5) is 16.2. The predicted molar refractivity (Wildman–Crippen MR) is 148 cm³/mol. The van der Waals surface area contributed by atoms with E-state index in [9.17, 15) is 9.90 Å². The fourth-order valence-electron chi connectivity index (χ4n) is 3.36. The summed E-state index contributed by atoms with van der Waals surface area (Å²) in [5, 5.41) is 14.5. The Hall–Kier alpha value is -3.01. The molecule has 1 heterocycles. The molecule has 0 fully saturated rings. The Labute approximate surface area is 234 Å². The number of benzene rings is 3. The third kappa shape index (κ3) is 7.74. The number of aliphatic hydroxyl groups excluding tert-OH is 1. The zero-order valence-corrected chi connectivity index (χ0v) is 24.9. The van der Waals surface area contributed by atoms with E-state index in [4.69, 9.17) is 4.74 Å². The monoisotopic (exact) mass is 675 g/mol. The molecule has 4 nitrogen and oxygen atoms in total. The van der Waals surface area contributed by atoms with Crippen LogP contribution in [-0.4, -0.2) is 15.9 Å². The van der Waals surface area contributed by atoms with E-state index >= 15 is 0 Å². The fraction of sp³-hybridized carbons (Fsp3) is 0.312. The van der Waals surface area contributed by atoms with Gasteiger partial charge in [0.25, 0.3) is 0 Å². The Morgan fingerprint density at radius 2 is 1.57 bits per heavy atom. The van der Waals surface area contributed by atoms with Gasteiger partial charge in [0.05, 0.1) is 0 Å². The average Bonchev–Trinajstić information content (AvgIpc) is 2.89. The van der Waals surface area contributed by atoms with Crippen molar-refractivity contribution in [3.63, 3.8) is 0 Å². The van der Waals surface area contributed by atoms with Gasteiger partial charge >= 0.3 is 0 Å². The smallest absolute Gasteiger partial charge is 0.217 e. The maximum Gasteiger partial charge on any atom is 0.217 e. The molecule has 3 aromatic carbocycles. The summed E-state index contributed by atoms with van der Waals surface area (Å²) in [7, 11) is 0. The Bertz CT molecular complexity index is 1360. The standard InChI is InChI=1S/C19H12NO.C13H24O2.Ir/c1-2-7-16(8-3-1)21-19-12-18-15(13-20-19)11-10-14-6-4-5-9-17(14)18;1-7-12(3,4)10(14)9-11(15)13(5,6)8-2;/h1-7,9-13H;9,14H,7-8H2,1-6H3;/q-1;;/b;10-9-;. The molecule has 0 aliphatic rings. The first-order valence-electron chi connectivity index (χ1n) is 12.4. The number of nitrogens with zero attached hydrogens (tertiary/aromatic N) is 1. The van der Waals surface area contributed by atoms with Crippen LogP contribution < -0.4 is 4.74 Å². The SMILES string of the molecule is CCC(C)(C)C(=O)/C=C(\O)C(C)(C)CC.[Ir].[c-]1ccccc1Oc1cc2c(ccc3ccccc32)cn1. The number of aliphatic hydroxyl groups is 1. The van der Waals surface area contributed by atoms with E-state index in [2.05, 4.69) is 35.3 Å². The van der Waals surface area contributed by atoms with Crippen molar-refractivity contribution >= 4 is 27.3 Å². The van der Waals surface area contributed by atoms with Gasteiger partial charge in [-0.2, -0.15) is 18.2 Å². The maximum atomic E-state index is 11.8. The van der Waals surface area contributed by atoms with E-state index in [1.165, 1.54) is 16.8 Å². The first kappa shape index (κ1) is 30.2. The summed E-state index contributed by atoms with van der Waals surface area (Å²) in [6, 6.07) is 25.1. The molecule has 4 rings (SSSR count). The topological polar surface area (TPSA) is 59.4 Å². The molecule has 0 aliphatic carbocycles. The normalized spacial score (nSPS) is 11.9. The number of ether oxygens (including phenoxy) is 1. The molecule has 0 saturated carbocycles. The van der Waals surface area contributed by atoms with Crippen LogP contribution in [0.3, 0.4) is 0 Å². The van der Waals surface area contributed by atoms with Crippen LogP contribution in [-0.2, 0) is 24.9 Å². The number of carbonyl (C=O) groups is 1. The number of ketones is 1. The van der Waals surface area contributed by atoms with Crippen LogP contribution in [0, 0.1) is 16.9 Å². The first-order chi connectivity index (χ1) is 17.1. The number of fused-ring (bicyclic) bond motifs is 3. The molecular weight excluding hydrogens is 639 g/mol. The van der Waals surface area contributed by atoms with Gasteiger partial charge in [-0.05, 0) is 29.0 Å². The van der Waals surface area contributed by atoms with Crippen molar-refractivity contribution in [2.45, 2.75) is 54.4 Å². The van der Waals surface area contributed by atoms with Gasteiger partial charge in [-0.3, -0.25) is 4.79 Å². The van der Waals surface area contributed by atoms with Crippen LogP contribution in [0.5, 0.6) is 11.6 Å². The number of para-hydroxylation sites is 1. The van der Waals surface area contributed by atoms with Crippen molar-refractivity contribution in [1.29, 1.82) is 0 Å². The minimum Gasteiger partial charge on any atom is -0.512 e. The van der Waals surface area contributed by atoms with Crippen molar-refractivity contribution in [3.8, 4) is 11.6 Å². The quantitative estimate of drug-likeness (QED) is 0.0921. The Kier molecular flexibility index (Phi) is 10.6. The van der Waals surface area contributed by atoms with Gasteiger partial charge < -0.3 is 9.84 Å². The van der Waals surface area contributed by atoms with Crippen molar-refractivity contribution in [2.75, 3.05) is 0 Å². The number of hydrogen-bond donors (Lipinski definition) is 1. The van der Waals surface area contributed by atoms with Crippen LogP contribution in [0.1, 0.15) is 54.4 Å². The van der Waals surface area contributed by atoms with E-state index in [1.54, 1.807) is 0 Å². The molecule has 37 heavy (non-hydrogen) atoms. The number of hydrogen-bond acceptors (Lipinski definition) is 4. The number of rotatable bonds is 7. The molecule has 0 bridgehead atoms. The van der Waals surface area contributed by atoms with E-state index < -0.39 is 0 Å². The van der Waals surface area contributed by atoms with Gasteiger partial charge in [-0.25, -0.2) is 4.98 Å². The molecule has 5 heteroatoms. The summed E-state index contributed by atoms with van der Waals surface area (Å²) < 4.78 is 5.77. The summed E-state index contributed by atoms with van der Waals surface area (Å²) in [5.74, 6) is 1.45. The van der Waals surface area contributed by atoms with Gasteiger partial charge in [-0.1, -0.05) is 77.9 Å². The Morgan fingerprint density at radius 1 is 0.919 bits per heavy atom. The van der Waals surface area contributed by atoms with Gasteiger partial charge in [0.2, 0.25) is 5.88 Å². The van der Waals surface area contributed by atoms with E-state index in [-0.39, 0.29) is 42.5 Å². The molecule has 0 spiro atoms. The molecule has 0 atom stereocenters. The third-order valence-corrected chi connectivity index (χ3v) is 6.89. The molecule has 0 amide bonds. The van der Waals surface area contributed by atoms with E-state index in [0.717, 1.165) is 23.6 Å². The molecule has 0 aliphatic heterocycles. The zero-order chi connectivity index (χ0) is 26.3. The van der Waals surface area contributed by atoms with Gasteiger partial charge in [-0.15, -0.1) is 12.1 Å². The van der Waals surface area contributed by atoms with Crippen LogP contribution in [0.15, 0.2) is 84.8 Å². The second-order valence-corrected chi connectivity index (χ2v) is 10.2. The maximum absolute atomic E-state index is 11.8. The van der Waals surface area contributed by atoms with Crippen LogP contribution in [0.2, 0.25) is 0 Å². The molecule has 0 saturated heterocycles. The van der Waals surface area contributed by atoms with Crippen LogP contribution in [0.4, 0.5) is 0 Å². The fourth-order valence-corrected chi connectivity index (χ4v) is 3.36. The minimum absolute atomic E-state index is 0. The average molecular weight is 675 g/mol. The molecular formula is C32H36IrNO3-. The van der Waals surface area contributed by atoms with Crippen LogP contribution in [0.25, 0.3) is 21.5 Å². The molecule has 1 N–H and O–H groups in total. The zero-order valence-electron chi connectivity index (χ0n) is 22.5. The summed E-state index contributed by atoms with van der Waals surface area (Å²) in [6.45, 7) is 11.7. The van der Waals surface area contributed by atoms with Gasteiger partial charge in [0.15, 0.2) is 5.78 Å². The largest absolute Gasteiger partial charge is 0.512 e. The van der Waals surface area contributed by atoms with Crippen molar-refractivity contribution in [1.82, 2.24) is 4.98 Å². The van der Waals surface area contributed by atoms with Gasteiger partial charge in [0, 0.05) is 60.4 Å². The summed E-state index contributed by atoms with van der Waals surface area (Å²) >= 11 is 0. The second-order valence-electron chi connectivity index (χ2n) is 10.2. The van der Waals surface area contributed by atoms with Gasteiger partial charge in [0.1, 0.15) is 5.76 Å². The second kappa shape index (κ2) is 13.0. The number of carbonyl (C=O) groups excluding carboxylic acids is 1. The first-order valence-corrected chi connectivity index (χ1v) is 12.4. The third-order valence-electron chi connectivity index (χ3n) is 6.89. The molecule has 0 unspecified atom stereocenters. The molecule has 1 aromatic heterocycles. The summed E-state index contributed by atoms with van der Waals surface area (Å²) in [5.41, 5.74) is -0.683. The van der Waals surface area contributed by atoms with Crippen molar-refractivity contribution in [2.24, 2.45) is 10.8 Å². The number of aromatic nitrogens is 1. The van der Waals surface area contributed by atoms with E-state index in [0.29, 0.717) is 11.6 Å². The number of allylic oxidation sites excluding steroid dienone is 2. The molecule has 1 radical (unpaired) electrons. The number of pyridine rings is 1. The Morgan fingerprint density at radius 3 is 2.22 bits per heavy atom. The summed E-state index contributed by atoms with van der Waals surface area (Å²) in [6.07, 6.45) is 4.84. The van der Waals surface area contributed by atoms with Crippen LogP contribution >= 0.6 is 0 Å². The Balaban J connectivity index is 0.000000271. The van der Waals surface area contributed by atoms with E-state index in [1.807, 2.05) is 90.2 Å². The minimum atomic E-state index is -0.377. The van der Waals surface area contributed by atoms with Crippen molar-refractivity contribution < 1.29 is 34.7 Å². The molecule has 197 valence electrons. The van der Waals surface area contributed by atoms with Crippen molar-refractivity contribution in [3.05, 3.63) is 90.8 Å². The predicted octanol–water partition coefficient (Wildman–Crippen LogP) is 8.85.